The standard InChI is InChI=1S/C9H7ClN4O2/c1-5-7(2-3-8(10)11-5)14-4-6(9(15)16)12-13-14/h2-4H,1H3,(H,15,16). The normalized spacial score (nSPS) is 10.4. The monoisotopic (exact) mass is 238 g/mol. The Labute approximate surface area is 95.5 Å². The number of halogens is 1. The Hall–Kier alpha value is -1.95. The SMILES string of the molecule is Cc1nc(Cl)ccc1-n1cc(C(=O)O)nn1. The van der Waals surface area contributed by atoms with Gasteiger partial charge < -0.3 is 5.11 Å². The minimum atomic E-state index is -1.12. The van der Waals surface area contributed by atoms with E-state index in [1.54, 1.807) is 19.1 Å². The molecule has 0 spiro atoms. The van der Waals surface area contributed by atoms with Crippen LogP contribution in [-0.2, 0) is 0 Å². The molecule has 0 aliphatic carbocycles. The van der Waals surface area contributed by atoms with Crippen molar-refractivity contribution in [2.45, 2.75) is 6.92 Å². The van der Waals surface area contributed by atoms with Crippen LogP contribution in [0.4, 0.5) is 0 Å². The summed E-state index contributed by atoms with van der Waals surface area (Å²) in [6, 6.07) is 3.30. The first-order valence-corrected chi connectivity index (χ1v) is 4.75. The van der Waals surface area contributed by atoms with E-state index in [1.165, 1.54) is 10.9 Å². The molecule has 2 rings (SSSR count). The summed E-state index contributed by atoms with van der Waals surface area (Å²) in [6.45, 7) is 1.75. The first-order valence-electron chi connectivity index (χ1n) is 4.37. The number of carbonyl (C=O) groups is 1. The number of carboxylic acids is 1. The van der Waals surface area contributed by atoms with Crippen molar-refractivity contribution in [3.63, 3.8) is 0 Å². The summed E-state index contributed by atoms with van der Waals surface area (Å²) < 4.78 is 1.35. The highest BCUT2D eigenvalue weighted by atomic mass is 35.5. The van der Waals surface area contributed by atoms with Gasteiger partial charge in [-0.2, -0.15) is 0 Å². The van der Waals surface area contributed by atoms with Gasteiger partial charge in [0.05, 0.1) is 17.6 Å². The molecule has 1 N–H and O–H groups in total. The molecular formula is C9H7ClN4O2. The molecule has 2 aromatic rings. The summed E-state index contributed by atoms with van der Waals surface area (Å²) >= 11 is 5.71. The fourth-order valence-corrected chi connectivity index (χ4v) is 1.43. The molecule has 0 saturated heterocycles. The molecule has 0 unspecified atom stereocenters. The second-order valence-electron chi connectivity index (χ2n) is 3.09. The molecule has 16 heavy (non-hydrogen) atoms. The largest absolute Gasteiger partial charge is 0.476 e. The molecular weight excluding hydrogens is 232 g/mol. The molecule has 0 radical (unpaired) electrons. The van der Waals surface area contributed by atoms with E-state index >= 15 is 0 Å². The Bertz CT molecular complexity index is 552. The van der Waals surface area contributed by atoms with Crippen LogP contribution in [0.3, 0.4) is 0 Å². The summed E-state index contributed by atoms with van der Waals surface area (Å²) in [7, 11) is 0. The van der Waals surface area contributed by atoms with Gasteiger partial charge in [-0.15, -0.1) is 5.10 Å². The van der Waals surface area contributed by atoms with Gasteiger partial charge in [0.1, 0.15) is 5.15 Å². The lowest BCUT2D eigenvalue weighted by Gasteiger charge is -2.03. The smallest absolute Gasteiger partial charge is 0.358 e. The maximum atomic E-state index is 10.6. The number of hydrogen-bond donors (Lipinski definition) is 1. The molecule has 7 heteroatoms. The van der Waals surface area contributed by atoms with Crippen molar-refractivity contribution in [1.29, 1.82) is 0 Å². The van der Waals surface area contributed by atoms with Crippen LogP contribution >= 0.6 is 11.6 Å². The van der Waals surface area contributed by atoms with Gasteiger partial charge in [-0.1, -0.05) is 16.8 Å². The van der Waals surface area contributed by atoms with Crippen LogP contribution in [0.5, 0.6) is 0 Å². The van der Waals surface area contributed by atoms with E-state index in [1.807, 2.05) is 0 Å². The lowest BCUT2D eigenvalue weighted by Crippen LogP contribution is -2.00. The van der Waals surface area contributed by atoms with Gasteiger partial charge in [-0.25, -0.2) is 14.5 Å². The third-order valence-corrected chi connectivity index (χ3v) is 2.19. The summed E-state index contributed by atoms with van der Waals surface area (Å²) in [6.07, 6.45) is 1.32. The van der Waals surface area contributed by atoms with E-state index in [-0.39, 0.29) is 5.69 Å². The fourth-order valence-electron chi connectivity index (χ4n) is 1.24. The second-order valence-corrected chi connectivity index (χ2v) is 3.48. The number of rotatable bonds is 2. The van der Waals surface area contributed by atoms with E-state index in [2.05, 4.69) is 15.3 Å². The third-order valence-electron chi connectivity index (χ3n) is 1.98. The third kappa shape index (κ3) is 1.87. The van der Waals surface area contributed by atoms with Crippen molar-refractivity contribution in [2.24, 2.45) is 0 Å². The number of pyridine rings is 1. The van der Waals surface area contributed by atoms with Crippen molar-refractivity contribution in [1.82, 2.24) is 20.0 Å². The zero-order valence-electron chi connectivity index (χ0n) is 8.25. The lowest BCUT2D eigenvalue weighted by molar-refractivity contribution is 0.0690. The highest BCUT2D eigenvalue weighted by Crippen LogP contribution is 2.14. The molecule has 2 aromatic heterocycles. The highest BCUT2D eigenvalue weighted by molar-refractivity contribution is 6.29. The summed E-state index contributed by atoms with van der Waals surface area (Å²) in [5.74, 6) is -1.12. The molecule has 6 nitrogen and oxygen atoms in total. The maximum absolute atomic E-state index is 10.6. The first-order chi connectivity index (χ1) is 7.58. The predicted octanol–water partition coefficient (Wildman–Crippen LogP) is 1.32. The van der Waals surface area contributed by atoms with E-state index in [0.717, 1.165) is 0 Å². The minimum absolute atomic E-state index is 0.116. The molecule has 0 bridgehead atoms. The highest BCUT2D eigenvalue weighted by Gasteiger charge is 2.11. The topological polar surface area (TPSA) is 80.9 Å². The lowest BCUT2D eigenvalue weighted by atomic mass is 10.3. The Balaban J connectivity index is 2.46. The van der Waals surface area contributed by atoms with Crippen LogP contribution in [0.2, 0.25) is 5.15 Å². The van der Waals surface area contributed by atoms with Gasteiger partial charge in [-0.05, 0) is 19.1 Å². The van der Waals surface area contributed by atoms with Crippen LogP contribution in [-0.4, -0.2) is 31.1 Å². The molecule has 0 fully saturated rings. The molecule has 0 saturated carbocycles. The van der Waals surface area contributed by atoms with Crippen molar-refractivity contribution in [2.75, 3.05) is 0 Å². The maximum Gasteiger partial charge on any atom is 0.358 e. The fraction of sp³-hybridized carbons (Fsp3) is 0.111. The second kappa shape index (κ2) is 3.90. The number of hydrogen-bond acceptors (Lipinski definition) is 4. The van der Waals surface area contributed by atoms with Gasteiger partial charge in [0, 0.05) is 0 Å². The summed E-state index contributed by atoms with van der Waals surface area (Å²) in [5.41, 5.74) is 1.17. The number of aryl methyl sites for hydroxylation is 1. The Morgan fingerprint density at radius 1 is 1.50 bits per heavy atom. The first kappa shape index (κ1) is 10.6. The van der Waals surface area contributed by atoms with Crippen LogP contribution < -0.4 is 0 Å². The van der Waals surface area contributed by atoms with E-state index in [0.29, 0.717) is 16.5 Å². The Morgan fingerprint density at radius 3 is 2.81 bits per heavy atom. The average Bonchev–Trinajstić information content (AvgIpc) is 2.66. The number of carboxylic acid groups (broad SMARTS) is 1. The molecule has 82 valence electrons. The molecule has 0 amide bonds. The Kier molecular flexibility index (Phi) is 2.57. The number of aromatic carboxylic acids is 1. The summed E-state index contributed by atoms with van der Waals surface area (Å²) in [4.78, 5) is 14.7. The number of aromatic nitrogens is 4. The molecule has 2 heterocycles. The predicted molar refractivity (Wildman–Crippen MR) is 55.9 cm³/mol. The number of nitrogens with zero attached hydrogens (tertiary/aromatic N) is 4. The van der Waals surface area contributed by atoms with Crippen LogP contribution in [0.25, 0.3) is 5.69 Å². The van der Waals surface area contributed by atoms with Gasteiger partial charge in [0.15, 0.2) is 5.69 Å². The van der Waals surface area contributed by atoms with Crippen molar-refractivity contribution >= 4 is 17.6 Å². The van der Waals surface area contributed by atoms with E-state index < -0.39 is 5.97 Å². The van der Waals surface area contributed by atoms with Crippen molar-refractivity contribution in [3.8, 4) is 5.69 Å². The summed E-state index contributed by atoms with van der Waals surface area (Å²) in [5, 5.41) is 16.3. The van der Waals surface area contributed by atoms with Crippen molar-refractivity contribution < 1.29 is 9.90 Å². The minimum Gasteiger partial charge on any atom is -0.476 e. The van der Waals surface area contributed by atoms with Gasteiger partial charge >= 0.3 is 5.97 Å². The molecule has 0 atom stereocenters. The quantitative estimate of drug-likeness (QED) is 0.798. The average molecular weight is 239 g/mol. The van der Waals surface area contributed by atoms with Crippen LogP contribution in [0.15, 0.2) is 18.3 Å². The zero-order chi connectivity index (χ0) is 11.7. The van der Waals surface area contributed by atoms with Gasteiger partial charge in [0.2, 0.25) is 0 Å². The van der Waals surface area contributed by atoms with Gasteiger partial charge in [-0.3, -0.25) is 0 Å². The molecule has 0 aromatic carbocycles. The van der Waals surface area contributed by atoms with E-state index in [4.69, 9.17) is 16.7 Å². The van der Waals surface area contributed by atoms with Gasteiger partial charge in [0.25, 0.3) is 0 Å². The van der Waals surface area contributed by atoms with E-state index in [9.17, 15) is 4.79 Å². The zero-order valence-corrected chi connectivity index (χ0v) is 9.01. The van der Waals surface area contributed by atoms with Crippen LogP contribution in [0, 0.1) is 6.92 Å². The van der Waals surface area contributed by atoms with Crippen molar-refractivity contribution in [3.05, 3.63) is 34.9 Å². The van der Waals surface area contributed by atoms with Crippen LogP contribution in [0.1, 0.15) is 16.2 Å². The molecule has 0 aliphatic rings. The molecule has 0 aliphatic heterocycles. The Morgan fingerprint density at radius 2 is 2.25 bits per heavy atom.